The number of fused-ring (bicyclic) bond motifs is 1. The van der Waals surface area contributed by atoms with Gasteiger partial charge in [0.25, 0.3) is 0 Å². The normalized spacial score (nSPS) is 16.0. The van der Waals surface area contributed by atoms with E-state index in [1.54, 1.807) is 18.2 Å². The van der Waals surface area contributed by atoms with Crippen molar-refractivity contribution >= 4 is 0 Å². The molecule has 2 atom stereocenters. The first-order valence-electron chi connectivity index (χ1n) is 8.67. The number of aromatic hydroxyl groups is 1. The van der Waals surface area contributed by atoms with E-state index in [0.29, 0.717) is 23.5 Å². The van der Waals surface area contributed by atoms with E-state index < -0.39 is 18.1 Å². The van der Waals surface area contributed by atoms with Gasteiger partial charge in [-0.05, 0) is 41.8 Å². The van der Waals surface area contributed by atoms with Gasteiger partial charge in [-0.1, -0.05) is 12.1 Å². The lowest BCUT2D eigenvalue weighted by atomic mass is 9.79. The average Bonchev–Trinajstić information content (AvgIpc) is 3.15. The molecule has 0 saturated heterocycles. The summed E-state index contributed by atoms with van der Waals surface area (Å²) in [5.74, 6) is 0.951. The van der Waals surface area contributed by atoms with Crippen molar-refractivity contribution in [1.29, 1.82) is 0 Å². The van der Waals surface area contributed by atoms with Crippen LogP contribution in [-0.2, 0) is 12.8 Å². The monoisotopic (exact) mass is 376 g/mol. The number of ether oxygens (including phenoxy) is 3. The molecular formula is C20H24O7. The first-order chi connectivity index (χ1) is 13.0. The molecule has 0 saturated carbocycles. The largest absolute Gasteiger partial charge is 0.504 e. The van der Waals surface area contributed by atoms with E-state index >= 15 is 0 Å². The molecule has 7 heteroatoms. The first kappa shape index (κ1) is 19.3. The Morgan fingerprint density at radius 1 is 1.07 bits per heavy atom. The van der Waals surface area contributed by atoms with Crippen LogP contribution in [0.25, 0.3) is 0 Å². The Hall–Kier alpha value is -2.48. The van der Waals surface area contributed by atoms with Crippen molar-refractivity contribution in [2.45, 2.75) is 18.4 Å². The van der Waals surface area contributed by atoms with Gasteiger partial charge in [-0.15, -0.1) is 0 Å². The Kier molecular flexibility index (Phi) is 5.74. The summed E-state index contributed by atoms with van der Waals surface area (Å²) in [5, 5.41) is 40.5. The van der Waals surface area contributed by atoms with E-state index in [1.807, 2.05) is 12.1 Å². The van der Waals surface area contributed by atoms with Gasteiger partial charge in [-0.3, -0.25) is 0 Å². The lowest BCUT2D eigenvalue weighted by molar-refractivity contribution is -0.0764. The van der Waals surface area contributed by atoms with Crippen LogP contribution >= 0.6 is 0 Å². The van der Waals surface area contributed by atoms with Crippen LogP contribution in [0.2, 0.25) is 0 Å². The highest BCUT2D eigenvalue weighted by Gasteiger charge is 2.36. The van der Waals surface area contributed by atoms with Gasteiger partial charge < -0.3 is 34.6 Å². The second-order valence-corrected chi connectivity index (χ2v) is 6.72. The molecule has 27 heavy (non-hydrogen) atoms. The van der Waals surface area contributed by atoms with Gasteiger partial charge in [0.2, 0.25) is 6.79 Å². The minimum Gasteiger partial charge on any atom is -0.504 e. The quantitative estimate of drug-likeness (QED) is 0.549. The van der Waals surface area contributed by atoms with E-state index in [4.69, 9.17) is 14.2 Å². The van der Waals surface area contributed by atoms with Crippen molar-refractivity contribution in [3.05, 3.63) is 47.5 Å². The fourth-order valence-electron chi connectivity index (χ4n) is 3.29. The maximum absolute atomic E-state index is 11.1. The smallest absolute Gasteiger partial charge is 0.231 e. The van der Waals surface area contributed by atoms with E-state index in [2.05, 4.69) is 0 Å². The number of phenolic OH excluding ortho intramolecular Hbond substituents is 1. The summed E-state index contributed by atoms with van der Waals surface area (Å²) in [7, 11) is 1.44. The first-order valence-corrected chi connectivity index (χ1v) is 8.67. The van der Waals surface area contributed by atoms with Crippen LogP contribution in [0.3, 0.4) is 0 Å². The van der Waals surface area contributed by atoms with E-state index in [9.17, 15) is 20.4 Å². The highest BCUT2D eigenvalue weighted by Crippen LogP contribution is 2.35. The highest BCUT2D eigenvalue weighted by atomic mass is 16.7. The maximum Gasteiger partial charge on any atom is 0.231 e. The summed E-state index contributed by atoms with van der Waals surface area (Å²) in [6.45, 7) is -0.655. The molecule has 1 aliphatic rings. The number of rotatable bonds is 8. The molecule has 0 aromatic heterocycles. The number of benzene rings is 2. The van der Waals surface area contributed by atoms with Crippen molar-refractivity contribution in [2.24, 2.45) is 5.92 Å². The van der Waals surface area contributed by atoms with Gasteiger partial charge in [-0.25, -0.2) is 0 Å². The molecule has 0 radical (unpaired) electrons. The molecule has 0 bridgehead atoms. The van der Waals surface area contributed by atoms with Gasteiger partial charge in [0.1, 0.15) is 0 Å². The van der Waals surface area contributed by atoms with Gasteiger partial charge in [-0.2, -0.15) is 0 Å². The second kappa shape index (κ2) is 8.04. The van der Waals surface area contributed by atoms with Crippen molar-refractivity contribution in [3.8, 4) is 23.0 Å². The second-order valence-electron chi connectivity index (χ2n) is 6.72. The SMILES string of the molecule is COc1cc(CC(O)(CO)C(CO)Cc2ccc3c(c2)OCO3)ccc1O. The standard InChI is InChI=1S/C20H24O7/c1-25-18-8-14(2-4-16(18)23)9-20(24,11-22)15(10-21)6-13-3-5-17-19(7-13)27-12-26-17/h2-5,7-8,15,21-24H,6,9-12H2,1H3. The number of methoxy groups -OCH3 is 1. The van der Waals surface area contributed by atoms with Crippen LogP contribution in [-0.4, -0.2) is 53.1 Å². The van der Waals surface area contributed by atoms with Crippen molar-refractivity contribution in [1.82, 2.24) is 0 Å². The Bertz CT molecular complexity index is 792. The molecule has 0 spiro atoms. The number of aliphatic hydroxyl groups is 3. The van der Waals surface area contributed by atoms with Gasteiger partial charge in [0.05, 0.1) is 19.3 Å². The summed E-state index contributed by atoms with van der Waals surface area (Å²) in [6.07, 6.45) is 0.440. The molecule has 4 N–H and O–H groups in total. The molecule has 2 unspecified atom stereocenters. The molecule has 2 aromatic carbocycles. The van der Waals surface area contributed by atoms with Crippen LogP contribution < -0.4 is 14.2 Å². The third-order valence-corrected chi connectivity index (χ3v) is 4.93. The number of hydrogen-bond acceptors (Lipinski definition) is 7. The predicted octanol–water partition coefficient (Wildman–Crippen LogP) is 1.25. The highest BCUT2D eigenvalue weighted by molar-refractivity contribution is 5.45. The van der Waals surface area contributed by atoms with Gasteiger partial charge in [0, 0.05) is 18.9 Å². The summed E-state index contributed by atoms with van der Waals surface area (Å²) in [6, 6.07) is 10.2. The van der Waals surface area contributed by atoms with Gasteiger partial charge in [0.15, 0.2) is 23.0 Å². The molecule has 1 aliphatic heterocycles. The van der Waals surface area contributed by atoms with E-state index in [0.717, 1.165) is 5.56 Å². The number of phenols is 1. The van der Waals surface area contributed by atoms with Gasteiger partial charge >= 0.3 is 0 Å². The predicted molar refractivity (Wildman–Crippen MR) is 97.2 cm³/mol. The summed E-state index contributed by atoms with van der Waals surface area (Å²) < 4.78 is 15.7. The summed E-state index contributed by atoms with van der Waals surface area (Å²) in [4.78, 5) is 0. The average molecular weight is 376 g/mol. The van der Waals surface area contributed by atoms with Crippen LogP contribution in [0.4, 0.5) is 0 Å². The maximum atomic E-state index is 11.1. The van der Waals surface area contributed by atoms with Crippen molar-refractivity contribution in [3.63, 3.8) is 0 Å². The lowest BCUT2D eigenvalue weighted by Crippen LogP contribution is -2.46. The third-order valence-electron chi connectivity index (χ3n) is 4.93. The molecule has 0 aliphatic carbocycles. The minimum atomic E-state index is -1.55. The molecule has 0 fully saturated rings. The Balaban J connectivity index is 1.80. The van der Waals surface area contributed by atoms with Crippen LogP contribution in [0, 0.1) is 5.92 Å². The van der Waals surface area contributed by atoms with Crippen molar-refractivity contribution < 1.29 is 34.6 Å². The Morgan fingerprint density at radius 2 is 1.81 bits per heavy atom. The molecule has 2 aromatic rings. The summed E-state index contributed by atoms with van der Waals surface area (Å²) in [5.41, 5.74) is -0.0218. The Labute approximate surface area is 157 Å². The fraction of sp³-hybridized carbons (Fsp3) is 0.400. The topological polar surface area (TPSA) is 109 Å². The Morgan fingerprint density at radius 3 is 2.52 bits per heavy atom. The molecule has 3 rings (SSSR count). The lowest BCUT2D eigenvalue weighted by Gasteiger charge is -2.34. The third kappa shape index (κ3) is 4.10. The molecule has 0 amide bonds. The molecule has 7 nitrogen and oxygen atoms in total. The zero-order chi connectivity index (χ0) is 19.4. The fourth-order valence-corrected chi connectivity index (χ4v) is 3.29. The van der Waals surface area contributed by atoms with Crippen LogP contribution in [0.15, 0.2) is 36.4 Å². The number of hydrogen-bond donors (Lipinski definition) is 4. The zero-order valence-corrected chi connectivity index (χ0v) is 15.1. The van der Waals surface area contributed by atoms with E-state index in [-0.39, 0.29) is 31.3 Å². The molecular weight excluding hydrogens is 352 g/mol. The van der Waals surface area contributed by atoms with E-state index in [1.165, 1.54) is 13.2 Å². The molecule has 146 valence electrons. The molecule has 1 heterocycles. The minimum absolute atomic E-state index is 0.00661. The summed E-state index contributed by atoms with van der Waals surface area (Å²) >= 11 is 0. The zero-order valence-electron chi connectivity index (χ0n) is 15.1. The van der Waals surface area contributed by atoms with Crippen LogP contribution in [0.5, 0.6) is 23.0 Å². The number of aliphatic hydroxyl groups excluding tert-OH is 2. The van der Waals surface area contributed by atoms with Crippen LogP contribution in [0.1, 0.15) is 11.1 Å². The van der Waals surface area contributed by atoms with Crippen molar-refractivity contribution in [2.75, 3.05) is 27.1 Å².